The second-order valence-corrected chi connectivity index (χ2v) is 8.59. The Morgan fingerprint density at radius 1 is 1.43 bits per heavy atom. The van der Waals surface area contributed by atoms with Gasteiger partial charge in [0.2, 0.25) is 0 Å². The van der Waals surface area contributed by atoms with Crippen molar-refractivity contribution < 1.29 is 13.5 Å². The van der Waals surface area contributed by atoms with Gasteiger partial charge in [-0.1, -0.05) is 0 Å². The summed E-state index contributed by atoms with van der Waals surface area (Å²) in [6.07, 6.45) is 3.97. The van der Waals surface area contributed by atoms with Crippen molar-refractivity contribution in [3.63, 3.8) is 0 Å². The third-order valence-electron chi connectivity index (χ3n) is 4.26. The molecule has 0 radical (unpaired) electrons. The van der Waals surface area contributed by atoms with Gasteiger partial charge in [-0.25, -0.2) is 8.42 Å². The van der Waals surface area contributed by atoms with Crippen molar-refractivity contribution in [1.82, 2.24) is 14.7 Å². The first kappa shape index (κ1) is 15.0. The predicted molar refractivity (Wildman–Crippen MR) is 79.5 cm³/mol. The smallest absolute Gasteiger partial charge is 0.148 e. The van der Waals surface area contributed by atoms with Crippen molar-refractivity contribution >= 4 is 9.84 Å². The molecule has 2 aliphatic rings. The minimum absolute atomic E-state index is 0.193. The molecule has 0 saturated heterocycles. The summed E-state index contributed by atoms with van der Waals surface area (Å²) < 4.78 is 24.6. The van der Waals surface area contributed by atoms with Gasteiger partial charge in [0.25, 0.3) is 0 Å². The van der Waals surface area contributed by atoms with Crippen LogP contribution in [0.15, 0.2) is 6.07 Å². The van der Waals surface area contributed by atoms with Gasteiger partial charge in [-0.15, -0.1) is 0 Å². The van der Waals surface area contributed by atoms with E-state index < -0.39 is 15.9 Å². The fraction of sp³-hybridized carbons (Fsp3) is 0.786. The van der Waals surface area contributed by atoms with Crippen LogP contribution in [0, 0.1) is 5.92 Å². The van der Waals surface area contributed by atoms with Crippen LogP contribution < -0.4 is 0 Å². The second-order valence-electron chi connectivity index (χ2n) is 6.33. The Morgan fingerprint density at radius 2 is 2.19 bits per heavy atom. The third-order valence-corrected chi connectivity index (χ3v) is 5.19. The maximum atomic E-state index is 11.3. The summed E-state index contributed by atoms with van der Waals surface area (Å²) in [7, 11) is -2.93. The first-order valence-corrected chi connectivity index (χ1v) is 9.63. The molecule has 1 atom stereocenters. The number of hydrogen-bond donors (Lipinski definition) is 1. The monoisotopic (exact) mass is 313 g/mol. The lowest BCUT2D eigenvalue weighted by molar-refractivity contribution is 0.148. The summed E-state index contributed by atoms with van der Waals surface area (Å²) in [5, 5.41) is 14.7. The summed E-state index contributed by atoms with van der Waals surface area (Å²) in [5.74, 6) is 0.573. The van der Waals surface area contributed by atoms with Crippen LogP contribution in [-0.2, 0) is 22.9 Å². The number of aliphatic hydroxyl groups excluding tert-OH is 1. The number of fused-ring (bicyclic) bond motifs is 1. The fourth-order valence-electron chi connectivity index (χ4n) is 2.83. The maximum Gasteiger partial charge on any atom is 0.148 e. The molecule has 0 aromatic carbocycles. The molecule has 1 aliphatic heterocycles. The summed E-state index contributed by atoms with van der Waals surface area (Å²) in [6, 6.07) is 1.99. The Balaban J connectivity index is 1.69. The Kier molecular flexibility index (Phi) is 4.07. The zero-order chi connectivity index (χ0) is 15.0. The van der Waals surface area contributed by atoms with Gasteiger partial charge >= 0.3 is 0 Å². The van der Waals surface area contributed by atoms with E-state index in [9.17, 15) is 13.5 Å². The van der Waals surface area contributed by atoms with Crippen LogP contribution in [0.2, 0.25) is 0 Å². The maximum absolute atomic E-state index is 11.3. The molecule has 7 heteroatoms. The van der Waals surface area contributed by atoms with E-state index in [1.165, 1.54) is 6.26 Å². The van der Waals surface area contributed by atoms with Gasteiger partial charge in [0.1, 0.15) is 15.9 Å². The highest BCUT2D eigenvalue weighted by molar-refractivity contribution is 7.90. The number of aliphatic hydroxyl groups is 1. The van der Waals surface area contributed by atoms with Crippen molar-refractivity contribution in [2.45, 2.75) is 38.5 Å². The lowest BCUT2D eigenvalue weighted by Gasteiger charge is -2.18. The molecule has 21 heavy (non-hydrogen) atoms. The molecule has 0 amide bonds. The number of rotatable bonds is 5. The van der Waals surface area contributed by atoms with Crippen LogP contribution >= 0.6 is 0 Å². The molecule has 0 unspecified atom stereocenters. The molecule has 0 bridgehead atoms. The molecule has 1 aromatic rings. The lowest BCUT2D eigenvalue weighted by atomic mass is 10.1. The van der Waals surface area contributed by atoms with Gasteiger partial charge in [-0.2, -0.15) is 5.10 Å². The van der Waals surface area contributed by atoms with Gasteiger partial charge in [0.05, 0.1) is 17.1 Å². The second kappa shape index (κ2) is 5.70. The van der Waals surface area contributed by atoms with E-state index in [-0.39, 0.29) is 5.75 Å². The summed E-state index contributed by atoms with van der Waals surface area (Å²) >= 11 is 0. The molecular formula is C14H23N3O3S. The number of nitrogens with zero attached hydrogens (tertiary/aromatic N) is 3. The fourth-order valence-corrected chi connectivity index (χ4v) is 3.42. The van der Waals surface area contributed by atoms with Crippen LogP contribution in [0.5, 0.6) is 0 Å². The van der Waals surface area contributed by atoms with Crippen molar-refractivity contribution in [3.05, 3.63) is 17.5 Å². The summed E-state index contributed by atoms with van der Waals surface area (Å²) in [5.41, 5.74) is 1.85. The molecule has 6 nitrogen and oxygen atoms in total. The average Bonchev–Trinajstić information content (AvgIpc) is 3.20. The van der Waals surface area contributed by atoms with Gasteiger partial charge < -0.3 is 5.11 Å². The molecule has 2 heterocycles. The molecule has 0 spiro atoms. The van der Waals surface area contributed by atoms with Gasteiger partial charge in [0, 0.05) is 32.4 Å². The molecule has 1 aliphatic carbocycles. The Bertz CT molecular complexity index is 607. The number of hydrogen-bond acceptors (Lipinski definition) is 5. The van der Waals surface area contributed by atoms with Crippen molar-refractivity contribution in [2.75, 3.05) is 25.1 Å². The Hall–Kier alpha value is -0.920. The topological polar surface area (TPSA) is 75.4 Å². The highest BCUT2D eigenvalue weighted by Gasteiger charge is 2.33. The van der Waals surface area contributed by atoms with E-state index in [0.29, 0.717) is 19.0 Å². The molecule has 1 saturated carbocycles. The van der Waals surface area contributed by atoms with Crippen LogP contribution in [0.1, 0.15) is 36.8 Å². The van der Waals surface area contributed by atoms with Gasteiger partial charge in [0.15, 0.2) is 0 Å². The standard InChI is InChI=1S/C14H23N3O3S/c1-21(19,20)8-7-16-5-2-6-17-12(10-16)9-13(15-17)14(18)11-3-4-11/h9,11,14,18H,2-8,10H2,1H3/t14-/m0/s1. The molecular weight excluding hydrogens is 290 g/mol. The van der Waals surface area contributed by atoms with Crippen molar-refractivity contribution in [1.29, 1.82) is 0 Å². The summed E-state index contributed by atoms with van der Waals surface area (Å²) in [6.45, 7) is 2.99. The van der Waals surface area contributed by atoms with Gasteiger partial charge in [-0.05, 0) is 31.2 Å². The van der Waals surface area contributed by atoms with E-state index in [1.54, 1.807) is 0 Å². The number of aryl methyl sites for hydroxylation is 1. The molecule has 1 aromatic heterocycles. The zero-order valence-electron chi connectivity index (χ0n) is 12.4. The quantitative estimate of drug-likeness (QED) is 0.860. The third kappa shape index (κ3) is 3.84. The highest BCUT2D eigenvalue weighted by atomic mass is 32.2. The van der Waals surface area contributed by atoms with Crippen LogP contribution in [0.4, 0.5) is 0 Å². The van der Waals surface area contributed by atoms with E-state index in [1.807, 2.05) is 10.7 Å². The van der Waals surface area contributed by atoms with E-state index >= 15 is 0 Å². The van der Waals surface area contributed by atoms with Crippen molar-refractivity contribution in [3.8, 4) is 0 Å². The lowest BCUT2D eigenvalue weighted by Crippen LogP contribution is -2.29. The summed E-state index contributed by atoms with van der Waals surface area (Å²) in [4.78, 5) is 2.16. The SMILES string of the molecule is CS(=O)(=O)CCN1CCCn2nc([C@@H](O)C3CC3)cc2C1. The van der Waals surface area contributed by atoms with Crippen molar-refractivity contribution in [2.24, 2.45) is 5.92 Å². The largest absolute Gasteiger partial charge is 0.386 e. The van der Waals surface area contributed by atoms with E-state index in [2.05, 4.69) is 10.00 Å². The molecule has 118 valence electrons. The average molecular weight is 313 g/mol. The highest BCUT2D eigenvalue weighted by Crippen LogP contribution is 2.40. The van der Waals surface area contributed by atoms with Crippen LogP contribution in [-0.4, -0.2) is 53.3 Å². The normalized spacial score (nSPS) is 21.8. The minimum atomic E-state index is -2.93. The number of sulfone groups is 1. The zero-order valence-corrected chi connectivity index (χ0v) is 13.2. The Labute approximate surface area is 125 Å². The number of aromatic nitrogens is 2. The first-order valence-electron chi connectivity index (χ1n) is 7.57. The van der Waals surface area contributed by atoms with Gasteiger partial charge in [-0.3, -0.25) is 9.58 Å². The van der Waals surface area contributed by atoms with E-state index in [4.69, 9.17) is 0 Å². The van der Waals surface area contributed by atoms with E-state index in [0.717, 1.165) is 43.7 Å². The first-order chi connectivity index (χ1) is 9.92. The molecule has 1 N–H and O–H groups in total. The van der Waals surface area contributed by atoms with Crippen LogP contribution in [0.25, 0.3) is 0 Å². The Morgan fingerprint density at radius 3 is 2.86 bits per heavy atom. The van der Waals surface area contributed by atoms with Crippen LogP contribution in [0.3, 0.4) is 0 Å². The predicted octanol–water partition coefficient (Wildman–Crippen LogP) is 0.577. The minimum Gasteiger partial charge on any atom is -0.386 e. The molecule has 1 fully saturated rings. The molecule has 3 rings (SSSR count).